The number of rotatable bonds is 7. The smallest absolute Gasteiger partial charge is 0.275 e. The molecule has 3 N–H and O–H groups in total. The van der Waals surface area contributed by atoms with Gasteiger partial charge < -0.3 is 15.8 Å². The minimum atomic E-state index is -0.861. The van der Waals surface area contributed by atoms with Crippen LogP contribution in [0.3, 0.4) is 0 Å². The maximum Gasteiger partial charge on any atom is 0.275 e. The van der Waals surface area contributed by atoms with E-state index in [0.29, 0.717) is 0 Å². The third-order valence-corrected chi connectivity index (χ3v) is 2.73. The second-order valence-corrected chi connectivity index (χ2v) is 4.91. The van der Waals surface area contributed by atoms with E-state index in [0.717, 1.165) is 6.07 Å². The number of nitrogens with one attached hydrogen (secondary N) is 1. The van der Waals surface area contributed by atoms with Crippen molar-refractivity contribution >= 4 is 11.6 Å². The quantitative estimate of drug-likeness (QED) is 0.582. The highest BCUT2D eigenvalue weighted by Crippen LogP contribution is 2.27. The van der Waals surface area contributed by atoms with Crippen molar-refractivity contribution in [2.45, 2.75) is 32.9 Å². The first kappa shape index (κ1) is 16.8. The Hall–Kier alpha value is -2.22. The lowest BCUT2D eigenvalue weighted by Gasteiger charge is -2.19. The van der Waals surface area contributed by atoms with Crippen molar-refractivity contribution in [3.05, 3.63) is 33.6 Å². The van der Waals surface area contributed by atoms with Crippen molar-refractivity contribution in [3.63, 3.8) is 0 Å². The van der Waals surface area contributed by atoms with Gasteiger partial charge in [0.2, 0.25) is 5.91 Å². The lowest BCUT2D eigenvalue weighted by molar-refractivity contribution is -0.385. The molecule has 0 aliphatic rings. The van der Waals surface area contributed by atoms with Crippen molar-refractivity contribution in [3.8, 4) is 5.75 Å². The van der Waals surface area contributed by atoms with Crippen molar-refractivity contribution in [2.24, 2.45) is 5.73 Å². The fourth-order valence-corrected chi connectivity index (χ4v) is 1.74. The van der Waals surface area contributed by atoms with Crippen molar-refractivity contribution in [1.29, 1.82) is 0 Å². The van der Waals surface area contributed by atoms with Gasteiger partial charge in [-0.1, -0.05) is 13.8 Å². The van der Waals surface area contributed by atoms with Gasteiger partial charge in [-0.2, -0.15) is 0 Å². The Morgan fingerprint density at radius 3 is 2.62 bits per heavy atom. The Balaban J connectivity index is 2.86. The third-order valence-electron chi connectivity index (χ3n) is 2.73. The molecule has 21 heavy (non-hydrogen) atoms. The number of halogens is 1. The maximum absolute atomic E-state index is 13.7. The van der Waals surface area contributed by atoms with Gasteiger partial charge in [0, 0.05) is 11.6 Å². The highest BCUT2D eigenvalue weighted by atomic mass is 19.1. The summed E-state index contributed by atoms with van der Waals surface area (Å²) in [5, 5.41) is 13.6. The van der Waals surface area contributed by atoms with Crippen molar-refractivity contribution in [2.75, 3.05) is 6.61 Å². The summed E-state index contributed by atoms with van der Waals surface area (Å²) in [5.41, 5.74) is 5.16. The van der Waals surface area contributed by atoms with Crippen LogP contribution in [-0.4, -0.2) is 29.5 Å². The highest BCUT2D eigenvalue weighted by molar-refractivity contribution is 5.80. The van der Waals surface area contributed by atoms with Gasteiger partial charge >= 0.3 is 0 Å². The molecular formula is C13H18FN3O4. The third kappa shape index (κ3) is 4.67. The molecule has 0 spiro atoms. The lowest BCUT2D eigenvalue weighted by atomic mass is 10.2. The number of nitrogens with zero attached hydrogens (tertiary/aromatic N) is 1. The Labute approximate surface area is 121 Å². The molecule has 0 fully saturated rings. The van der Waals surface area contributed by atoms with E-state index >= 15 is 0 Å². The number of amides is 1. The van der Waals surface area contributed by atoms with Crippen molar-refractivity contribution < 1.29 is 18.8 Å². The van der Waals surface area contributed by atoms with Gasteiger partial charge in [0.15, 0.2) is 11.6 Å². The highest BCUT2D eigenvalue weighted by Gasteiger charge is 2.20. The Kier molecular flexibility index (Phi) is 5.60. The van der Waals surface area contributed by atoms with Gasteiger partial charge in [0.05, 0.1) is 11.0 Å². The van der Waals surface area contributed by atoms with E-state index in [9.17, 15) is 19.3 Å². The first-order chi connectivity index (χ1) is 9.72. The van der Waals surface area contributed by atoms with Crippen LogP contribution >= 0.6 is 0 Å². The Morgan fingerprint density at radius 2 is 2.14 bits per heavy atom. The number of hydrogen-bond acceptors (Lipinski definition) is 5. The number of nitro benzene ring substituents is 1. The SMILES string of the molecule is Cc1cc(OCC(NC(C)C)C(N)=O)c(F)cc1[N+](=O)[O-]. The normalized spacial score (nSPS) is 12.2. The molecule has 0 saturated heterocycles. The average molecular weight is 299 g/mol. The zero-order valence-electron chi connectivity index (χ0n) is 12.1. The van der Waals surface area contributed by atoms with Crippen molar-refractivity contribution in [1.82, 2.24) is 5.32 Å². The summed E-state index contributed by atoms with van der Waals surface area (Å²) in [5.74, 6) is -1.64. The van der Waals surface area contributed by atoms with Gasteiger partial charge in [-0.25, -0.2) is 4.39 Å². The zero-order chi connectivity index (χ0) is 16.2. The molecule has 0 saturated carbocycles. The molecule has 116 valence electrons. The summed E-state index contributed by atoms with van der Waals surface area (Å²) in [4.78, 5) is 21.3. The molecule has 1 rings (SSSR count). The molecule has 1 unspecified atom stereocenters. The van der Waals surface area contributed by atoms with Crippen LogP contribution in [0.25, 0.3) is 0 Å². The standard InChI is InChI=1S/C13H18FN3O4/c1-7(2)16-10(13(15)18)6-21-12-4-8(3)11(17(19)20)5-9(12)14/h4-5,7,10,16H,6H2,1-3H3,(H2,15,18). The van der Waals surface area contributed by atoms with E-state index in [1.165, 1.54) is 13.0 Å². The molecule has 1 atom stereocenters. The number of nitrogens with two attached hydrogens (primary N) is 1. The number of hydrogen-bond donors (Lipinski definition) is 2. The van der Waals surface area contributed by atoms with Crippen LogP contribution in [0.1, 0.15) is 19.4 Å². The summed E-state index contributed by atoms with van der Waals surface area (Å²) in [6.07, 6.45) is 0. The predicted molar refractivity (Wildman–Crippen MR) is 74.5 cm³/mol. The second kappa shape index (κ2) is 6.98. The molecule has 0 aliphatic carbocycles. The van der Waals surface area contributed by atoms with E-state index < -0.39 is 22.7 Å². The summed E-state index contributed by atoms with van der Waals surface area (Å²) in [7, 11) is 0. The molecule has 0 aliphatic heterocycles. The number of aryl methyl sites for hydroxylation is 1. The monoisotopic (exact) mass is 299 g/mol. The van der Waals surface area contributed by atoms with E-state index in [2.05, 4.69) is 5.32 Å². The lowest BCUT2D eigenvalue weighted by Crippen LogP contribution is -2.48. The van der Waals surface area contributed by atoms with Crippen LogP contribution in [0, 0.1) is 22.9 Å². The first-order valence-electron chi connectivity index (χ1n) is 6.35. The van der Waals surface area contributed by atoms with Gasteiger partial charge in [0.1, 0.15) is 12.6 Å². The maximum atomic E-state index is 13.7. The summed E-state index contributed by atoms with van der Waals surface area (Å²) in [6, 6.07) is 1.23. The minimum absolute atomic E-state index is 0.00505. The van der Waals surface area contributed by atoms with E-state index in [-0.39, 0.29) is 29.6 Å². The molecule has 1 aromatic rings. The summed E-state index contributed by atoms with van der Waals surface area (Å²) in [6.45, 7) is 4.96. The first-order valence-corrected chi connectivity index (χ1v) is 6.35. The molecular weight excluding hydrogens is 281 g/mol. The molecule has 0 radical (unpaired) electrons. The Bertz CT molecular complexity index is 548. The average Bonchev–Trinajstić information content (AvgIpc) is 2.36. The molecule has 0 heterocycles. The predicted octanol–water partition coefficient (Wildman–Crippen LogP) is 1.27. The van der Waals surface area contributed by atoms with Gasteiger partial charge in [0.25, 0.3) is 5.69 Å². The summed E-state index contributed by atoms with van der Waals surface area (Å²) < 4.78 is 19.0. The van der Waals surface area contributed by atoms with Crippen LogP contribution in [0.15, 0.2) is 12.1 Å². The molecule has 7 nitrogen and oxygen atoms in total. The van der Waals surface area contributed by atoms with Crippen LogP contribution in [-0.2, 0) is 4.79 Å². The number of ether oxygens (including phenoxy) is 1. The van der Waals surface area contributed by atoms with E-state index in [4.69, 9.17) is 10.5 Å². The van der Waals surface area contributed by atoms with Gasteiger partial charge in [-0.15, -0.1) is 0 Å². The van der Waals surface area contributed by atoms with Crippen LogP contribution in [0.2, 0.25) is 0 Å². The largest absolute Gasteiger partial charge is 0.488 e. The number of carbonyl (C=O) groups excluding carboxylic acids is 1. The molecule has 8 heteroatoms. The summed E-state index contributed by atoms with van der Waals surface area (Å²) >= 11 is 0. The van der Waals surface area contributed by atoms with E-state index in [1.54, 1.807) is 0 Å². The zero-order valence-corrected chi connectivity index (χ0v) is 12.1. The minimum Gasteiger partial charge on any atom is -0.488 e. The molecule has 0 aromatic heterocycles. The van der Waals surface area contributed by atoms with Crippen LogP contribution in [0.5, 0.6) is 5.75 Å². The fraction of sp³-hybridized carbons (Fsp3) is 0.462. The molecule has 1 aromatic carbocycles. The number of nitro groups is 1. The molecule has 0 bridgehead atoms. The topological polar surface area (TPSA) is 107 Å². The number of carbonyl (C=O) groups is 1. The van der Waals surface area contributed by atoms with Crippen LogP contribution in [0.4, 0.5) is 10.1 Å². The van der Waals surface area contributed by atoms with Gasteiger partial charge in [-0.3, -0.25) is 14.9 Å². The molecule has 1 amide bonds. The number of benzene rings is 1. The number of primary amides is 1. The van der Waals surface area contributed by atoms with Gasteiger partial charge in [-0.05, 0) is 13.0 Å². The fourth-order valence-electron chi connectivity index (χ4n) is 1.74. The Morgan fingerprint density at radius 1 is 1.52 bits per heavy atom. The van der Waals surface area contributed by atoms with Crippen LogP contribution < -0.4 is 15.8 Å². The second-order valence-electron chi connectivity index (χ2n) is 4.91. The van der Waals surface area contributed by atoms with E-state index in [1.807, 2.05) is 13.8 Å².